The molecule has 1 aromatic carbocycles. The molecular weight excluding hydrogens is 330 g/mol. The molecule has 0 saturated heterocycles. The maximum Gasteiger partial charge on any atom is 0.244 e. The minimum absolute atomic E-state index is 0.0297. The van der Waals surface area contributed by atoms with Crippen LogP contribution in [-0.4, -0.2) is 32.4 Å². The fourth-order valence-corrected chi connectivity index (χ4v) is 2.43. The molecule has 0 aliphatic rings. The summed E-state index contributed by atoms with van der Waals surface area (Å²) in [5, 5.41) is 2.54. The number of hydrogen-bond donors (Lipinski definition) is 1. The second kappa shape index (κ2) is 7.45. The molecule has 0 spiro atoms. The van der Waals surface area contributed by atoms with Gasteiger partial charge in [-0.1, -0.05) is 41.1 Å². The normalized spacial score (nSPS) is 11.7. The number of halogens is 1. The van der Waals surface area contributed by atoms with Crippen molar-refractivity contribution in [1.82, 2.24) is 5.32 Å². The Morgan fingerprint density at radius 1 is 1.37 bits per heavy atom. The molecular formula is C13H16BrNO3S. The van der Waals surface area contributed by atoms with Crippen LogP contribution in [-0.2, 0) is 14.6 Å². The third-order valence-electron chi connectivity index (χ3n) is 2.47. The topological polar surface area (TPSA) is 63.2 Å². The van der Waals surface area contributed by atoms with Crippen LogP contribution in [0.2, 0.25) is 0 Å². The number of benzene rings is 1. The fraction of sp³-hybridized carbons (Fsp3) is 0.308. The first-order chi connectivity index (χ1) is 8.94. The summed E-state index contributed by atoms with van der Waals surface area (Å²) < 4.78 is 23.4. The Morgan fingerprint density at radius 3 is 2.68 bits per heavy atom. The Labute approximate surface area is 122 Å². The van der Waals surface area contributed by atoms with Gasteiger partial charge < -0.3 is 5.32 Å². The van der Waals surface area contributed by atoms with Gasteiger partial charge in [0.15, 0.2) is 9.84 Å². The number of nitrogens with one attached hydrogen (secondary N) is 1. The summed E-state index contributed by atoms with van der Waals surface area (Å²) in [5.74, 6) is -0.240. The van der Waals surface area contributed by atoms with E-state index in [9.17, 15) is 13.2 Å². The first kappa shape index (κ1) is 15.9. The third-order valence-corrected chi connectivity index (χ3v) is 4.90. The van der Waals surface area contributed by atoms with E-state index in [1.807, 2.05) is 24.3 Å². The maximum absolute atomic E-state index is 11.5. The first-order valence-electron chi connectivity index (χ1n) is 5.85. The number of rotatable bonds is 6. The number of hydrogen-bond acceptors (Lipinski definition) is 3. The zero-order chi connectivity index (χ0) is 14.3. The highest BCUT2D eigenvalue weighted by Crippen LogP contribution is 2.16. The molecule has 0 radical (unpaired) electrons. The highest BCUT2D eigenvalue weighted by molar-refractivity contribution is 9.10. The fourth-order valence-electron chi connectivity index (χ4n) is 1.31. The van der Waals surface area contributed by atoms with Crippen LogP contribution in [0.3, 0.4) is 0 Å². The Hall–Kier alpha value is -1.14. The van der Waals surface area contributed by atoms with Gasteiger partial charge in [-0.15, -0.1) is 0 Å². The lowest BCUT2D eigenvalue weighted by Crippen LogP contribution is -2.28. The second-order valence-corrected chi connectivity index (χ2v) is 7.21. The Kier molecular flexibility index (Phi) is 6.24. The van der Waals surface area contributed by atoms with Gasteiger partial charge in [0.25, 0.3) is 0 Å². The molecule has 0 bridgehead atoms. The van der Waals surface area contributed by atoms with Crippen LogP contribution in [0.5, 0.6) is 0 Å². The Balaban J connectivity index is 2.46. The molecule has 1 aromatic rings. The summed E-state index contributed by atoms with van der Waals surface area (Å²) in [5.41, 5.74) is 0.888. The molecule has 0 unspecified atom stereocenters. The SMILES string of the molecule is CCS(=O)(=O)CCNC(=O)/C=C\c1ccccc1Br. The predicted octanol–water partition coefficient (Wildman–Crippen LogP) is 2.01. The minimum atomic E-state index is -3.04. The molecule has 6 heteroatoms. The predicted molar refractivity (Wildman–Crippen MR) is 80.5 cm³/mol. The molecule has 1 rings (SSSR count). The average Bonchev–Trinajstić information content (AvgIpc) is 2.37. The molecule has 19 heavy (non-hydrogen) atoms. The van der Waals surface area contributed by atoms with Crippen molar-refractivity contribution in [3.05, 3.63) is 40.4 Å². The van der Waals surface area contributed by atoms with Crippen molar-refractivity contribution < 1.29 is 13.2 Å². The minimum Gasteiger partial charge on any atom is -0.352 e. The van der Waals surface area contributed by atoms with Gasteiger partial charge in [0.1, 0.15) is 0 Å². The van der Waals surface area contributed by atoms with E-state index in [0.717, 1.165) is 10.0 Å². The maximum atomic E-state index is 11.5. The molecule has 0 aliphatic carbocycles. The summed E-state index contributed by atoms with van der Waals surface area (Å²) in [6, 6.07) is 7.51. The van der Waals surface area contributed by atoms with Crippen molar-refractivity contribution in [2.75, 3.05) is 18.1 Å². The summed E-state index contributed by atoms with van der Waals surface area (Å²) in [6.45, 7) is 1.72. The molecule has 0 atom stereocenters. The van der Waals surface area contributed by atoms with Crippen molar-refractivity contribution in [3.8, 4) is 0 Å². The molecule has 0 aromatic heterocycles. The van der Waals surface area contributed by atoms with Crippen LogP contribution in [0.4, 0.5) is 0 Å². The van der Waals surface area contributed by atoms with E-state index in [2.05, 4.69) is 21.2 Å². The van der Waals surface area contributed by atoms with Gasteiger partial charge in [0.05, 0.1) is 5.75 Å². The highest BCUT2D eigenvalue weighted by atomic mass is 79.9. The quantitative estimate of drug-likeness (QED) is 0.802. The van der Waals surface area contributed by atoms with E-state index in [1.165, 1.54) is 6.08 Å². The highest BCUT2D eigenvalue weighted by Gasteiger charge is 2.07. The largest absolute Gasteiger partial charge is 0.352 e. The van der Waals surface area contributed by atoms with Gasteiger partial charge in [0.2, 0.25) is 5.91 Å². The zero-order valence-corrected chi connectivity index (χ0v) is 13.0. The Morgan fingerprint density at radius 2 is 2.05 bits per heavy atom. The molecule has 0 heterocycles. The summed E-state index contributed by atoms with van der Waals surface area (Å²) in [4.78, 5) is 11.5. The number of carbonyl (C=O) groups excluding carboxylic acids is 1. The van der Waals surface area contributed by atoms with E-state index < -0.39 is 9.84 Å². The van der Waals surface area contributed by atoms with Crippen molar-refractivity contribution in [2.24, 2.45) is 0 Å². The number of sulfone groups is 1. The first-order valence-corrected chi connectivity index (χ1v) is 8.47. The number of carbonyl (C=O) groups is 1. The molecule has 1 amide bonds. The van der Waals surface area contributed by atoms with Gasteiger partial charge in [-0.2, -0.15) is 0 Å². The van der Waals surface area contributed by atoms with Gasteiger partial charge in [-0.05, 0) is 17.7 Å². The zero-order valence-electron chi connectivity index (χ0n) is 10.6. The molecule has 1 N–H and O–H groups in total. The van der Waals surface area contributed by atoms with E-state index in [1.54, 1.807) is 13.0 Å². The van der Waals surface area contributed by atoms with E-state index >= 15 is 0 Å². The lowest BCUT2D eigenvalue weighted by molar-refractivity contribution is -0.116. The van der Waals surface area contributed by atoms with E-state index in [0.29, 0.717) is 0 Å². The third kappa shape index (κ3) is 6.02. The van der Waals surface area contributed by atoms with Gasteiger partial charge in [-0.3, -0.25) is 4.79 Å². The molecule has 104 valence electrons. The lowest BCUT2D eigenvalue weighted by atomic mass is 10.2. The molecule has 4 nitrogen and oxygen atoms in total. The van der Waals surface area contributed by atoms with Gasteiger partial charge >= 0.3 is 0 Å². The van der Waals surface area contributed by atoms with E-state index in [4.69, 9.17) is 0 Å². The molecule has 0 aliphatic heterocycles. The van der Waals surface area contributed by atoms with Crippen LogP contribution in [0, 0.1) is 0 Å². The summed E-state index contributed by atoms with van der Waals surface area (Å²) in [7, 11) is -3.04. The monoisotopic (exact) mass is 345 g/mol. The van der Waals surface area contributed by atoms with Crippen LogP contribution in [0.1, 0.15) is 12.5 Å². The second-order valence-electron chi connectivity index (χ2n) is 3.88. The summed E-state index contributed by atoms with van der Waals surface area (Å²) >= 11 is 3.37. The average molecular weight is 346 g/mol. The van der Waals surface area contributed by atoms with Crippen molar-refractivity contribution >= 4 is 37.8 Å². The summed E-state index contributed by atoms with van der Waals surface area (Å²) in [6.07, 6.45) is 3.06. The molecule has 0 saturated carbocycles. The van der Waals surface area contributed by atoms with Gasteiger partial charge in [-0.25, -0.2) is 8.42 Å². The molecule has 0 fully saturated rings. The van der Waals surface area contributed by atoms with Crippen LogP contribution in [0.25, 0.3) is 6.08 Å². The van der Waals surface area contributed by atoms with Crippen LogP contribution in [0.15, 0.2) is 34.8 Å². The Bertz CT molecular complexity index is 567. The van der Waals surface area contributed by atoms with Crippen LogP contribution < -0.4 is 5.32 Å². The van der Waals surface area contributed by atoms with Crippen molar-refractivity contribution in [1.29, 1.82) is 0 Å². The standard InChI is InChI=1S/C13H16BrNO3S/c1-2-19(17,18)10-9-15-13(16)8-7-11-5-3-4-6-12(11)14/h3-8H,2,9-10H2,1H3,(H,15,16)/b8-7-. The van der Waals surface area contributed by atoms with Gasteiger partial charge in [0, 0.05) is 22.8 Å². The number of amides is 1. The van der Waals surface area contributed by atoms with E-state index in [-0.39, 0.29) is 24.0 Å². The lowest BCUT2D eigenvalue weighted by Gasteiger charge is -2.02. The van der Waals surface area contributed by atoms with Crippen molar-refractivity contribution in [2.45, 2.75) is 6.92 Å². The smallest absolute Gasteiger partial charge is 0.244 e. The van der Waals surface area contributed by atoms with Crippen molar-refractivity contribution in [3.63, 3.8) is 0 Å². The van der Waals surface area contributed by atoms with Crippen LogP contribution >= 0.6 is 15.9 Å².